The van der Waals surface area contributed by atoms with Crippen LogP contribution < -0.4 is 0 Å². The zero-order valence-electron chi connectivity index (χ0n) is 12.9. The van der Waals surface area contributed by atoms with Crippen molar-refractivity contribution in [3.8, 4) is 0 Å². The fourth-order valence-electron chi connectivity index (χ4n) is 2.08. The molecule has 0 N–H and O–H groups in total. The van der Waals surface area contributed by atoms with Gasteiger partial charge in [0.05, 0.1) is 5.56 Å². The van der Waals surface area contributed by atoms with E-state index >= 15 is 0 Å². The number of benzene rings is 1. The Morgan fingerprint density at radius 2 is 1.55 bits per heavy atom. The summed E-state index contributed by atoms with van der Waals surface area (Å²) in [7, 11) is 0. The normalized spacial score (nSPS) is 14.1. The number of hydrogen-bond acceptors (Lipinski definition) is 2. The van der Waals surface area contributed by atoms with Crippen molar-refractivity contribution in [2.24, 2.45) is 0 Å². The molecule has 1 atom stereocenters. The van der Waals surface area contributed by atoms with Gasteiger partial charge in [0.2, 0.25) is 0 Å². The molecule has 0 aliphatic heterocycles. The zero-order chi connectivity index (χ0) is 17.1. The summed E-state index contributed by atoms with van der Waals surface area (Å²) in [5.41, 5.74) is -0.401. The minimum absolute atomic E-state index is 0.222. The summed E-state index contributed by atoms with van der Waals surface area (Å²) in [6.07, 6.45) is -4.10. The van der Waals surface area contributed by atoms with Gasteiger partial charge < -0.3 is 4.74 Å². The number of carbonyl (C=O) groups is 1. The van der Waals surface area contributed by atoms with Crippen molar-refractivity contribution in [3.63, 3.8) is 0 Å². The Hall–Kier alpha value is -2.04. The Labute approximate surface area is 128 Å². The summed E-state index contributed by atoms with van der Waals surface area (Å²) < 4.78 is 43.3. The van der Waals surface area contributed by atoms with E-state index in [0.29, 0.717) is 12.0 Å². The van der Waals surface area contributed by atoms with Crippen molar-refractivity contribution in [2.45, 2.75) is 39.0 Å². The van der Waals surface area contributed by atoms with E-state index in [1.54, 1.807) is 13.8 Å². The van der Waals surface area contributed by atoms with E-state index in [9.17, 15) is 18.0 Å². The van der Waals surface area contributed by atoms with Crippen molar-refractivity contribution < 1.29 is 22.7 Å². The number of esters is 1. The minimum atomic E-state index is -4.41. The van der Waals surface area contributed by atoms with Crippen molar-refractivity contribution in [3.05, 3.63) is 59.7 Å². The predicted octanol–water partition coefficient (Wildman–Crippen LogP) is 5.01. The monoisotopic (exact) mass is 312 g/mol. The molecule has 2 nitrogen and oxygen atoms in total. The first-order valence-electron chi connectivity index (χ1n) is 6.66. The molecule has 22 heavy (non-hydrogen) atoms. The molecule has 1 aromatic carbocycles. The largest absolute Gasteiger partial charge is 0.451 e. The van der Waals surface area contributed by atoms with Gasteiger partial charge in [-0.1, -0.05) is 30.9 Å². The van der Waals surface area contributed by atoms with Crippen molar-refractivity contribution in [2.75, 3.05) is 0 Å². The first-order chi connectivity index (χ1) is 9.95. The minimum Gasteiger partial charge on any atom is -0.451 e. The van der Waals surface area contributed by atoms with Gasteiger partial charge in [-0.15, -0.1) is 0 Å². The summed E-state index contributed by atoms with van der Waals surface area (Å²) in [6.45, 7) is 12.2. The highest BCUT2D eigenvalue weighted by atomic mass is 19.4. The van der Waals surface area contributed by atoms with E-state index in [1.807, 2.05) is 0 Å². The van der Waals surface area contributed by atoms with Gasteiger partial charge in [0.15, 0.2) is 0 Å². The summed E-state index contributed by atoms with van der Waals surface area (Å²) >= 11 is 0. The van der Waals surface area contributed by atoms with Crippen LogP contribution in [0.25, 0.3) is 0 Å². The standard InChI is InChI=1S/C17H19F3O2/c1-11(2)10-16(5,22-15(21)12(3)4)13-6-8-14(9-7-13)17(18,19)20/h6-9H,1,3,10H2,2,4-5H3. The van der Waals surface area contributed by atoms with Gasteiger partial charge in [-0.25, -0.2) is 4.79 Å². The van der Waals surface area contributed by atoms with Crippen LogP contribution >= 0.6 is 0 Å². The van der Waals surface area contributed by atoms with Crippen LogP contribution in [-0.2, 0) is 21.3 Å². The second-order valence-electron chi connectivity index (χ2n) is 5.61. The third-order valence-electron chi connectivity index (χ3n) is 3.13. The molecule has 0 fully saturated rings. The van der Waals surface area contributed by atoms with E-state index in [2.05, 4.69) is 13.2 Å². The lowest BCUT2D eigenvalue weighted by Crippen LogP contribution is -2.30. The molecule has 0 aliphatic rings. The number of alkyl halides is 3. The molecular formula is C17H19F3O2. The third kappa shape index (κ3) is 4.48. The highest BCUT2D eigenvalue weighted by Crippen LogP contribution is 2.35. The quantitative estimate of drug-likeness (QED) is 0.434. The molecule has 1 rings (SSSR count). The zero-order valence-corrected chi connectivity index (χ0v) is 12.9. The Bertz CT molecular complexity index is 585. The van der Waals surface area contributed by atoms with Crippen LogP contribution in [0.2, 0.25) is 0 Å². The fraction of sp³-hybridized carbons (Fsp3) is 0.353. The Kier molecular flexibility index (Phi) is 5.22. The van der Waals surface area contributed by atoms with Crippen molar-refractivity contribution in [1.29, 1.82) is 0 Å². The molecule has 0 aliphatic carbocycles. The summed E-state index contributed by atoms with van der Waals surface area (Å²) in [5, 5.41) is 0. The molecular weight excluding hydrogens is 293 g/mol. The maximum Gasteiger partial charge on any atom is 0.416 e. The van der Waals surface area contributed by atoms with Crippen LogP contribution in [0.15, 0.2) is 48.6 Å². The molecule has 0 amide bonds. The van der Waals surface area contributed by atoms with Crippen LogP contribution in [0.3, 0.4) is 0 Å². The predicted molar refractivity (Wildman–Crippen MR) is 79.1 cm³/mol. The Morgan fingerprint density at radius 3 is 1.91 bits per heavy atom. The van der Waals surface area contributed by atoms with Crippen LogP contribution in [-0.4, -0.2) is 5.97 Å². The molecule has 120 valence electrons. The fourth-order valence-corrected chi connectivity index (χ4v) is 2.08. The number of halogens is 3. The maximum atomic E-state index is 12.6. The molecule has 0 spiro atoms. The van der Waals surface area contributed by atoms with E-state index < -0.39 is 23.3 Å². The lowest BCUT2D eigenvalue weighted by Gasteiger charge is -2.31. The summed E-state index contributed by atoms with van der Waals surface area (Å²) in [4.78, 5) is 11.8. The lowest BCUT2D eigenvalue weighted by molar-refractivity contribution is -0.154. The van der Waals surface area contributed by atoms with Crippen LogP contribution in [0.4, 0.5) is 13.2 Å². The van der Waals surface area contributed by atoms with Crippen molar-refractivity contribution >= 4 is 5.97 Å². The highest BCUT2D eigenvalue weighted by Gasteiger charge is 2.34. The average molecular weight is 312 g/mol. The molecule has 0 heterocycles. The maximum absolute atomic E-state index is 12.6. The Morgan fingerprint density at radius 1 is 1.09 bits per heavy atom. The SMILES string of the molecule is C=C(C)CC(C)(OC(=O)C(=C)C)c1ccc(C(F)(F)F)cc1. The first-order valence-corrected chi connectivity index (χ1v) is 6.66. The average Bonchev–Trinajstić information content (AvgIpc) is 2.36. The molecule has 0 saturated heterocycles. The van der Waals surface area contributed by atoms with Crippen LogP contribution in [0, 0.1) is 0 Å². The van der Waals surface area contributed by atoms with Gasteiger partial charge in [-0.2, -0.15) is 13.2 Å². The van der Waals surface area contributed by atoms with Crippen molar-refractivity contribution in [1.82, 2.24) is 0 Å². The van der Waals surface area contributed by atoms with Crippen LogP contribution in [0.1, 0.15) is 38.3 Å². The number of hydrogen-bond donors (Lipinski definition) is 0. The highest BCUT2D eigenvalue weighted by molar-refractivity contribution is 5.87. The van der Waals surface area contributed by atoms with Gasteiger partial charge in [0.25, 0.3) is 0 Å². The molecule has 1 unspecified atom stereocenters. The molecule has 5 heteroatoms. The lowest BCUT2D eigenvalue weighted by atomic mass is 9.88. The van der Waals surface area contributed by atoms with E-state index in [4.69, 9.17) is 4.74 Å². The van der Waals surface area contributed by atoms with E-state index in [-0.39, 0.29) is 5.57 Å². The molecule has 0 aromatic heterocycles. The Balaban J connectivity index is 3.19. The topological polar surface area (TPSA) is 26.3 Å². The molecule has 0 radical (unpaired) electrons. The second kappa shape index (κ2) is 6.38. The smallest absolute Gasteiger partial charge is 0.416 e. The second-order valence-corrected chi connectivity index (χ2v) is 5.61. The summed E-state index contributed by atoms with van der Waals surface area (Å²) in [6, 6.07) is 4.58. The summed E-state index contributed by atoms with van der Waals surface area (Å²) in [5.74, 6) is -0.594. The van der Waals surface area contributed by atoms with Gasteiger partial charge in [-0.3, -0.25) is 0 Å². The first kappa shape index (κ1) is 18.0. The van der Waals surface area contributed by atoms with Gasteiger partial charge in [0.1, 0.15) is 5.60 Å². The third-order valence-corrected chi connectivity index (χ3v) is 3.13. The van der Waals surface area contributed by atoms with Gasteiger partial charge >= 0.3 is 12.1 Å². The van der Waals surface area contributed by atoms with Gasteiger partial charge in [0, 0.05) is 12.0 Å². The van der Waals surface area contributed by atoms with E-state index in [1.165, 1.54) is 19.1 Å². The number of ether oxygens (including phenoxy) is 1. The van der Waals surface area contributed by atoms with Crippen LogP contribution in [0.5, 0.6) is 0 Å². The van der Waals surface area contributed by atoms with E-state index in [0.717, 1.165) is 17.7 Å². The van der Waals surface area contributed by atoms with Gasteiger partial charge in [-0.05, 0) is 38.5 Å². The number of carbonyl (C=O) groups excluding carboxylic acids is 1. The molecule has 1 aromatic rings. The molecule has 0 bridgehead atoms. The number of rotatable bonds is 5. The molecule has 0 saturated carbocycles.